The third-order valence-corrected chi connectivity index (χ3v) is 5.43. The molecule has 1 unspecified atom stereocenters. The molecule has 1 aromatic heterocycles. The average Bonchev–Trinajstić information content (AvgIpc) is 3.35. The van der Waals surface area contributed by atoms with E-state index in [0.717, 1.165) is 36.7 Å². The number of hydrogen-bond acceptors (Lipinski definition) is 5. The van der Waals surface area contributed by atoms with E-state index in [-0.39, 0.29) is 11.7 Å². The molecule has 7 nitrogen and oxygen atoms in total. The van der Waals surface area contributed by atoms with E-state index in [1.54, 1.807) is 4.90 Å². The maximum Gasteiger partial charge on any atom is 0.240 e. The van der Waals surface area contributed by atoms with E-state index in [1.165, 1.54) is 11.8 Å². The van der Waals surface area contributed by atoms with Crippen molar-refractivity contribution in [1.29, 1.82) is 0 Å². The number of carbonyl (C=O) groups is 2. The molecule has 0 radical (unpaired) electrons. The van der Waals surface area contributed by atoms with Gasteiger partial charge in [0, 0.05) is 19.0 Å². The highest BCUT2D eigenvalue weighted by Gasteiger charge is 2.32. The van der Waals surface area contributed by atoms with Crippen LogP contribution in [-0.2, 0) is 16.1 Å². The van der Waals surface area contributed by atoms with Gasteiger partial charge in [-0.1, -0.05) is 17.8 Å². The van der Waals surface area contributed by atoms with Crippen molar-refractivity contribution in [2.45, 2.75) is 55.8 Å². The first kappa shape index (κ1) is 17.0. The molecule has 2 amide bonds. The lowest BCUT2D eigenvalue weighted by Gasteiger charge is -2.33. The summed E-state index contributed by atoms with van der Waals surface area (Å²) in [6.45, 7) is 5.02. The fraction of sp³-hybridized carbons (Fsp3) is 0.625. The number of amides is 2. The molecule has 8 heteroatoms. The van der Waals surface area contributed by atoms with Gasteiger partial charge in [0.1, 0.15) is 11.9 Å². The minimum atomic E-state index is -0.472. The third kappa shape index (κ3) is 3.63. The molecular weight excluding hydrogens is 326 g/mol. The van der Waals surface area contributed by atoms with Crippen molar-refractivity contribution >= 4 is 23.6 Å². The van der Waals surface area contributed by atoms with Crippen LogP contribution in [0.1, 0.15) is 43.8 Å². The van der Waals surface area contributed by atoms with Crippen molar-refractivity contribution in [3.63, 3.8) is 0 Å². The summed E-state index contributed by atoms with van der Waals surface area (Å²) in [5, 5.41) is 9.24. The monoisotopic (exact) mass is 349 g/mol. The standard InChI is InChI=1S/C16H23N5O2S/c1-2-8-21-15(11-6-7-11)18-19-16(21)24-10-13(22)20-9-4-3-5-12(20)14(17)23/h2,11-12H,1,3-10H2,(H2,17,23). The molecule has 0 aromatic carbocycles. The van der Waals surface area contributed by atoms with Gasteiger partial charge in [-0.2, -0.15) is 0 Å². The van der Waals surface area contributed by atoms with Crippen LogP contribution in [0.4, 0.5) is 0 Å². The van der Waals surface area contributed by atoms with Gasteiger partial charge in [-0.25, -0.2) is 0 Å². The summed E-state index contributed by atoms with van der Waals surface area (Å²) in [7, 11) is 0. The summed E-state index contributed by atoms with van der Waals surface area (Å²) in [6.07, 6.45) is 6.61. The Morgan fingerprint density at radius 3 is 2.75 bits per heavy atom. The van der Waals surface area contributed by atoms with Gasteiger partial charge in [0.25, 0.3) is 0 Å². The lowest BCUT2D eigenvalue weighted by Crippen LogP contribution is -2.51. The number of nitrogens with two attached hydrogens (primary N) is 1. The van der Waals surface area contributed by atoms with Crippen molar-refractivity contribution in [1.82, 2.24) is 19.7 Å². The number of primary amides is 1. The predicted molar refractivity (Wildman–Crippen MR) is 91.5 cm³/mol. The summed E-state index contributed by atoms with van der Waals surface area (Å²) in [6, 6.07) is -0.472. The second kappa shape index (κ2) is 7.38. The normalized spacial score (nSPS) is 20.8. The van der Waals surface area contributed by atoms with E-state index in [2.05, 4.69) is 16.8 Å². The molecule has 0 spiro atoms. The van der Waals surface area contributed by atoms with Crippen molar-refractivity contribution in [3.8, 4) is 0 Å². The molecule has 2 N–H and O–H groups in total. The smallest absolute Gasteiger partial charge is 0.240 e. The van der Waals surface area contributed by atoms with Crippen LogP contribution in [0.2, 0.25) is 0 Å². The van der Waals surface area contributed by atoms with Crippen molar-refractivity contribution in [2.24, 2.45) is 5.73 Å². The maximum atomic E-state index is 12.5. The summed E-state index contributed by atoms with van der Waals surface area (Å²) in [5.41, 5.74) is 5.43. The zero-order valence-corrected chi connectivity index (χ0v) is 14.5. The molecule has 130 valence electrons. The van der Waals surface area contributed by atoms with Gasteiger partial charge in [0.15, 0.2) is 5.16 Å². The fourth-order valence-corrected chi connectivity index (χ4v) is 3.93. The number of hydrogen-bond donors (Lipinski definition) is 1. The number of carbonyl (C=O) groups excluding carboxylic acids is 2. The molecule has 1 atom stereocenters. The van der Waals surface area contributed by atoms with Crippen molar-refractivity contribution in [2.75, 3.05) is 12.3 Å². The molecule has 2 heterocycles. The van der Waals surface area contributed by atoms with Crippen molar-refractivity contribution < 1.29 is 9.59 Å². The fourth-order valence-electron chi connectivity index (χ4n) is 3.09. The number of piperidine rings is 1. The van der Waals surface area contributed by atoms with Crippen LogP contribution in [-0.4, -0.2) is 49.8 Å². The maximum absolute atomic E-state index is 12.5. The van der Waals surface area contributed by atoms with Gasteiger partial charge < -0.3 is 15.2 Å². The van der Waals surface area contributed by atoms with E-state index >= 15 is 0 Å². The highest BCUT2D eigenvalue weighted by Crippen LogP contribution is 2.40. The highest BCUT2D eigenvalue weighted by molar-refractivity contribution is 7.99. The minimum Gasteiger partial charge on any atom is -0.368 e. The van der Waals surface area contributed by atoms with Gasteiger partial charge in [0.05, 0.1) is 5.75 Å². The highest BCUT2D eigenvalue weighted by atomic mass is 32.2. The molecule has 1 saturated heterocycles. The van der Waals surface area contributed by atoms with E-state index in [9.17, 15) is 9.59 Å². The lowest BCUT2D eigenvalue weighted by atomic mass is 10.0. The van der Waals surface area contributed by atoms with Gasteiger partial charge in [-0.15, -0.1) is 16.8 Å². The topological polar surface area (TPSA) is 94.1 Å². The van der Waals surface area contributed by atoms with Gasteiger partial charge >= 0.3 is 0 Å². The average molecular weight is 349 g/mol. The Morgan fingerprint density at radius 1 is 1.29 bits per heavy atom. The number of rotatable bonds is 7. The minimum absolute atomic E-state index is 0.0652. The molecule has 0 bridgehead atoms. The number of allylic oxidation sites excluding steroid dienone is 1. The summed E-state index contributed by atoms with van der Waals surface area (Å²) in [4.78, 5) is 25.7. The number of nitrogens with zero attached hydrogens (tertiary/aromatic N) is 4. The first-order valence-corrected chi connectivity index (χ1v) is 9.36. The van der Waals surface area contributed by atoms with Crippen LogP contribution in [0.25, 0.3) is 0 Å². The first-order chi connectivity index (χ1) is 11.6. The molecule has 2 fully saturated rings. The molecule has 3 rings (SSSR count). The number of aromatic nitrogens is 3. The van der Waals surface area contributed by atoms with Crippen LogP contribution < -0.4 is 5.73 Å². The molecule has 1 aliphatic heterocycles. The van der Waals surface area contributed by atoms with E-state index in [0.29, 0.717) is 25.4 Å². The summed E-state index contributed by atoms with van der Waals surface area (Å²) in [5.74, 6) is 1.23. The number of likely N-dealkylation sites (tertiary alicyclic amines) is 1. The lowest BCUT2D eigenvalue weighted by molar-refractivity contribution is -0.138. The Kier molecular flexibility index (Phi) is 5.23. The van der Waals surface area contributed by atoms with Crippen molar-refractivity contribution in [3.05, 3.63) is 18.5 Å². The van der Waals surface area contributed by atoms with E-state index in [1.807, 2.05) is 10.6 Å². The Balaban J connectivity index is 1.65. The number of thioether (sulfide) groups is 1. The SMILES string of the molecule is C=CCn1c(SCC(=O)N2CCCCC2C(N)=O)nnc1C1CC1. The quantitative estimate of drug-likeness (QED) is 0.591. The molecule has 2 aliphatic rings. The van der Waals surface area contributed by atoms with Crippen LogP contribution in [0.15, 0.2) is 17.8 Å². The molecule has 1 aromatic rings. The molecule has 1 aliphatic carbocycles. The second-order valence-corrected chi connectivity index (χ2v) is 7.25. The van der Waals surface area contributed by atoms with Gasteiger partial charge in [-0.3, -0.25) is 9.59 Å². The van der Waals surface area contributed by atoms with Gasteiger partial charge in [0.2, 0.25) is 11.8 Å². The molecule has 1 saturated carbocycles. The van der Waals surface area contributed by atoms with Crippen LogP contribution >= 0.6 is 11.8 Å². The van der Waals surface area contributed by atoms with E-state index in [4.69, 9.17) is 5.73 Å². The summed E-state index contributed by atoms with van der Waals surface area (Å²) >= 11 is 1.37. The van der Waals surface area contributed by atoms with Crippen LogP contribution in [0.3, 0.4) is 0 Å². The predicted octanol–water partition coefficient (Wildman–Crippen LogP) is 1.30. The second-order valence-electron chi connectivity index (χ2n) is 6.30. The van der Waals surface area contributed by atoms with E-state index < -0.39 is 11.9 Å². The zero-order valence-electron chi connectivity index (χ0n) is 13.7. The molecular formula is C16H23N5O2S. The zero-order chi connectivity index (χ0) is 17.1. The Bertz CT molecular complexity index is 640. The van der Waals surface area contributed by atoms with Crippen LogP contribution in [0.5, 0.6) is 0 Å². The largest absolute Gasteiger partial charge is 0.368 e. The third-order valence-electron chi connectivity index (χ3n) is 4.48. The van der Waals surface area contributed by atoms with Gasteiger partial charge in [-0.05, 0) is 32.1 Å². The molecule has 24 heavy (non-hydrogen) atoms. The Morgan fingerprint density at radius 2 is 2.08 bits per heavy atom. The first-order valence-electron chi connectivity index (χ1n) is 8.37. The Hall–Kier alpha value is -1.83. The van der Waals surface area contributed by atoms with Crippen LogP contribution in [0, 0.1) is 0 Å². The Labute approximate surface area is 145 Å². The summed E-state index contributed by atoms with van der Waals surface area (Å²) < 4.78 is 2.03.